The third kappa shape index (κ3) is 4.49. The molecule has 0 radical (unpaired) electrons. The summed E-state index contributed by atoms with van der Waals surface area (Å²) >= 11 is 0. The van der Waals surface area contributed by atoms with Gasteiger partial charge in [-0.2, -0.15) is 0 Å². The molecule has 0 spiro atoms. The number of halogens is 1. The Morgan fingerprint density at radius 2 is 1.29 bits per heavy atom. The summed E-state index contributed by atoms with van der Waals surface area (Å²) in [5.74, 6) is -1.08. The number of hydrogen-bond acceptors (Lipinski definition) is 7. The van der Waals surface area contributed by atoms with E-state index in [1.807, 2.05) is 0 Å². The molecule has 142 valence electrons. The van der Waals surface area contributed by atoms with Gasteiger partial charge in [0.25, 0.3) is 11.8 Å². The van der Waals surface area contributed by atoms with Crippen molar-refractivity contribution in [2.24, 2.45) is 0 Å². The second-order valence-electron chi connectivity index (χ2n) is 5.52. The molecule has 3 aromatic rings. The summed E-state index contributed by atoms with van der Waals surface area (Å²) in [6, 6.07) is 13.6. The van der Waals surface area contributed by atoms with E-state index in [-0.39, 0.29) is 28.8 Å². The van der Waals surface area contributed by atoms with Crippen LogP contribution in [0.3, 0.4) is 0 Å². The van der Waals surface area contributed by atoms with Crippen molar-refractivity contribution in [2.45, 2.75) is 0 Å². The maximum atomic E-state index is 12.9. The normalized spacial score (nSPS) is 10.0. The lowest BCUT2D eigenvalue weighted by atomic mass is 10.2. The number of anilines is 3. The van der Waals surface area contributed by atoms with E-state index in [1.165, 1.54) is 30.6 Å². The molecule has 0 saturated carbocycles. The smallest absolute Gasteiger partial charge is 0.269 e. The van der Waals surface area contributed by atoms with Crippen LogP contribution >= 0.6 is 0 Å². The van der Waals surface area contributed by atoms with Crippen molar-refractivity contribution in [1.29, 1.82) is 0 Å². The number of amides is 2. The highest BCUT2D eigenvalue weighted by Crippen LogP contribution is 2.21. The zero-order valence-electron chi connectivity index (χ0n) is 14.4. The second kappa shape index (κ2) is 8.45. The molecular weight excluding hydrogens is 365 g/mol. The minimum Gasteiger partial charge on any atom is -0.393 e. The number of nitrogens with zero attached hydrogens (tertiary/aromatic N) is 2. The summed E-state index contributed by atoms with van der Waals surface area (Å²) in [7, 11) is 0. The number of benzene rings is 2. The van der Waals surface area contributed by atoms with Crippen LogP contribution < -0.4 is 27.4 Å². The third-order valence-electron chi connectivity index (χ3n) is 3.62. The van der Waals surface area contributed by atoms with Gasteiger partial charge >= 0.3 is 0 Å². The predicted octanol–water partition coefficient (Wildman–Crippen LogP) is 1.71. The number of aromatic nitrogens is 2. The topological polar surface area (TPSA) is 134 Å². The highest BCUT2D eigenvalue weighted by molar-refractivity contribution is 5.96. The SMILES string of the molecule is Nc1c(NNC(=O)c2ccccc2)ncnc1NNC(=O)c1ccc(F)cc1. The number of nitrogens with two attached hydrogens (primary N) is 1. The van der Waals surface area contributed by atoms with Crippen molar-refractivity contribution in [3.8, 4) is 0 Å². The van der Waals surface area contributed by atoms with Crippen molar-refractivity contribution >= 4 is 29.1 Å². The van der Waals surface area contributed by atoms with Crippen LogP contribution in [0.4, 0.5) is 21.7 Å². The van der Waals surface area contributed by atoms with Gasteiger partial charge in [-0.3, -0.25) is 31.3 Å². The van der Waals surface area contributed by atoms with E-state index in [1.54, 1.807) is 30.3 Å². The van der Waals surface area contributed by atoms with Gasteiger partial charge in [-0.1, -0.05) is 18.2 Å². The highest BCUT2D eigenvalue weighted by atomic mass is 19.1. The van der Waals surface area contributed by atoms with Crippen LogP contribution in [0, 0.1) is 5.82 Å². The van der Waals surface area contributed by atoms with Crippen LogP contribution in [0.5, 0.6) is 0 Å². The van der Waals surface area contributed by atoms with Gasteiger partial charge in [-0.15, -0.1) is 0 Å². The zero-order chi connectivity index (χ0) is 19.9. The Morgan fingerprint density at radius 3 is 1.82 bits per heavy atom. The van der Waals surface area contributed by atoms with Crippen LogP contribution in [0.1, 0.15) is 20.7 Å². The fraction of sp³-hybridized carbons (Fsp3) is 0. The van der Waals surface area contributed by atoms with E-state index in [9.17, 15) is 14.0 Å². The molecule has 0 atom stereocenters. The zero-order valence-corrected chi connectivity index (χ0v) is 14.4. The van der Waals surface area contributed by atoms with Gasteiger partial charge in [0.1, 0.15) is 17.8 Å². The molecule has 1 aromatic heterocycles. The first kappa shape index (κ1) is 18.6. The maximum Gasteiger partial charge on any atom is 0.269 e. The summed E-state index contributed by atoms with van der Waals surface area (Å²) in [4.78, 5) is 32.0. The number of carbonyl (C=O) groups is 2. The Hall–Kier alpha value is -4.21. The summed E-state index contributed by atoms with van der Waals surface area (Å²) in [5, 5.41) is 0. The Morgan fingerprint density at radius 1 is 0.786 bits per heavy atom. The molecule has 10 heteroatoms. The average molecular weight is 381 g/mol. The number of nitrogens with one attached hydrogen (secondary N) is 4. The molecule has 1 heterocycles. The molecule has 3 rings (SSSR count). The fourth-order valence-corrected chi connectivity index (χ4v) is 2.16. The summed E-state index contributed by atoms with van der Waals surface area (Å²) in [6.45, 7) is 0. The minimum atomic E-state index is -0.509. The van der Waals surface area contributed by atoms with Crippen LogP contribution in [0.2, 0.25) is 0 Å². The molecule has 9 nitrogen and oxygen atoms in total. The summed E-state index contributed by atoms with van der Waals surface area (Å²) in [6.07, 6.45) is 1.19. The molecule has 0 bridgehead atoms. The van der Waals surface area contributed by atoms with Gasteiger partial charge in [0.2, 0.25) is 0 Å². The van der Waals surface area contributed by atoms with Crippen molar-refractivity contribution in [1.82, 2.24) is 20.8 Å². The fourth-order valence-electron chi connectivity index (χ4n) is 2.16. The van der Waals surface area contributed by atoms with Crippen molar-refractivity contribution < 1.29 is 14.0 Å². The van der Waals surface area contributed by atoms with Crippen LogP contribution in [0.15, 0.2) is 60.9 Å². The van der Waals surface area contributed by atoms with Gasteiger partial charge in [0, 0.05) is 11.1 Å². The lowest BCUT2D eigenvalue weighted by molar-refractivity contribution is 0.0954. The first-order valence-electron chi connectivity index (χ1n) is 8.08. The molecule has 0 aliphatic carbocycles. The number of hydrazine groups is 2. The minimum absolute atomic E-state index is 0.0651. The van der Waals surface area contributed by atoms with Crippen molar-refractivity contribution in [3.63, 3.8) is 0 Å². The van der Waals surface area contributed by atoms with Crippen molar-refractivity contribution in [3.05, 3.63) is 77.9 Å². The van der Waals surface area contributed by atoms with Crippen LogP contribution in [-0.4, -0.2) is 21.8 Å². The monoisotopic (exact) mass is 381 g/mol. The Labute approximate surface area is 159 Å². The molecular formula is C18H16FN7O2. The van der Waals surface area contributed by atoms with Crippen LogP contribution in [0.25, 0.3) is 0 Å². The van der Waals surface area contributed by atoms with E-state index in [4.69, 9.17) is 5.73 Å². The number of rotatable bonds is 6. The first-order valence-corrected chi connectivity index (χ1v) is 8.08. The Bertz CT molecular complexity index is 981. The van der Waals surface area contributed by atoms with Gasteiger partial charge in [0.05, 0.1) is 0 Å². The second-order valence-corrected chi connectivity index (χ2v) is 5.52. The number of hydrogen-bond donors (Lipinski definition) is 5. The molecule has 0 unspecified atom stereocenters. The predicted molar refractivity (Wildman–Crippen MR) is 101 cm³/mol. The molecule has 28 heavy (non-hydrogen) atoms. The number of nitrogen functional groups attached to an aromatic ring is 1. The molecule has 2 amide bonds. The van der Waals surface area contributed by atoms with E-state index >= 15 is 0 Å². The molecule has 0 aliphatic heterocycles. The highest BCUT2D eigenvalue weighted by Gasteiger charge is 2.11. The Kier molecular flexibility index (Phi) is 5.60. The third-order valence-corrected chi connectivity index (χ3v) is 3.62. The van der Waals surface area contributed by atoms with E-state index < -0.39 is 11.7 Å². The van der Waals surface area contributed by atoms with Crippen LogP contribution in [-0.2, 0) is 0 Å². The molecule has 0 aliphatic rings. The Balaban J connectivity index is 1.61. The number of carbonyl (C=O) groups excluding carboxylic acids is 2. The first-order chi connectivity index (χ1) is 13.5. The lowest BCUT2D eigenvalue weighted by Gasteiger charge is -2.13. The van der Waals surface area contributed by atoms with E-state index in [2.05, 4.69) is 31.7 Å². The van der Waals surface area contributed by atoms with Gasteiger partial charge < -0.3 is 5.73 Å². The molecule has 0 fully saturated rings. The van der Waals surface area contributed by atoms with Gasteiger partial charge in [0.15, 0.2) is 11.6 Å². The van der Waals surface area contributed by atoms with E-state index in [0.717, 1.165) is 0 Å². The van der Waals surface area contributed by atoms with Gasteiger partial charge in [-0.25, -0.2) is 14.4 Å². The quantitative estimate of drug-likeness (QED) is 0.410. The van der Waals surface area contributed by atoms with Gasteiger partial charge in [-0.05, 0) is 36.4 Å². The molecule has 6 N–H and O–H groups in total. The average Bonchev–Trinajstić information content (AvgIpc) is 2.73. The van der Waals surface area contributed by atoms with Crippen molar-refractivity contribution in [2.75, 3.05) is 16.6 Å². The maximum absolute atomic E-state index is 12.9. The standard InChI is InChI=1S/C18H16FN7O2/c19-13-8-6-12(7-9-13)18(28)26-24-16-14(20)15(21-10-22-16)23-25-17(27)11-4-2-1-3-5-11/h1-10H,20H2,(H,25,27)(H,26,28)(H2,21,22,23,24). The summed E-state index contributed by atoms with van der Waals surface area (Å²) < 4.78 is 12.9. The molecule has 2 aromatic carbocycles. The van der Waals surface area contributed by atoms with E-state index in [0.29, 0.717) is 5.56 Å². The lowest BCUT2D eigenvalue weighted by Crippen LogP contribution is -2.32. The summed E-state index contributed by atoms with van der Waals surface area (Å²) in [5.41, 5.74) is 16.7. The largest absolute Gasteiger partial charge is 0.393 e. The molecule has 0 saturated heterocycles.